The summed E-state index contributed by atoms with van der Waals surface area (Å²) in [7, 11) is 0. The Kier molecular flexibility index (Phi) is 9.41. The van der Waals surface area contributed by atoms with E-state index < -0.39 is 11.6 Å². The molecule has 0 unspecified atom stereocenters. The van der Waals surface area contributed by atoms with Crippen LogP contribution in [-0.2, 0) is 22.6 Å². The average Bonchev–Trinajstić information content (AvgIpc) is 2.72. The smallest absolute Gasteiger partial charge is 0.261 e. The van der Waals surface area contributed by atoms with Crippen molar-refractivity contribution in [2.75, 3.05) is 6.61 Å². The lowest BCUT2D eigenvalue weighted by Crippen LogP contribution is -2.54. The molecule has 0 aliphatic rings. The molecule has 0 aromatic heterocycles. The highest BCUT2D eigenvalue weighted by atomic mass is 35.5. The number of amides is 2. The SMILES string of the molecule is CCc1ccc(OCC(=O)N(Cc2ccc(Cl)cc2Cl)[C@@H](CC)C(=O)NC(C)(C)C)cc1. The summed E-state index contributed by atoms with van der Waals surface area (Å²) in [6.07, 6.45) is 1.37. The predicted molar refractivity (Wildman–Crippen MR) is 130 cm³/mol. The maximum atomic E-state index is 13.2. The van der Waals surface area contributed by atoms with E-state index in [4.69, 9.17) is 27.9 Å². The number of nitrogens with one attached hydrogen (secondary N) is 1. The summed E-state index contributed by atoms with van der Waals surface area (Å²) in [4.78, 5) is 27.8. The molecule has 2 rings (SSSR count). The summed E-state index contributed by atoms with van der Waals surface area (Å²) in [5.74, 6) is 0.0874. The number of halogens is 2. The summed E-state index contributed by atoms with van der Waals surface area (Å²) < 4.78 is 5.73. The molecular weight excluding hydrogens is 447 g/mol. The van der Waals surface area contributed by atoms with Crippen molar-refractivity contribution in [2.24, 2.45) is 0 Å². The molecule has 0 bridgehead atoms. The highest BCUT2D eigenvalue weighted by molar-refractivity contribution is 6.35. The van der Waals surface area contributed by atoms with Crippen LogP contribution >= 0.6 is 23.2 Å². The first-order valence-corrected chi connectivity index (χ1v) is 11.6. The third kappa shape index (κ3) is 7.72. The molecule has 5 nitrogen and oxygen atoms in total. The summed E-state index contributed by atoms with van der Waals surface area (Å²) in [5, 5.41) is 3.92. The van der Waals surface area contributed by atoms with Crippen molar-refractivity contribution in [1.82, 2.24) is 10.2 Å². The maximum absolute atomic E-state index is 13.2. The number of aryl methyl sites for hydroxylation is 1. The van der Waals surface area contributed by atoms with Gasteiger partial charge in [-0.1, -0.05) is 55.2 Å². The molecule has 7 heteroatoms. The van der Waals surface area contributed by atoms with Crippen molar-refractivity contribution in [2.45, 2.75) is 65.6 Å². The van der Waals surface area contributed by atoms with Crippen LogP contribution in [0.4, 0.5) is 0 Å². The van der Waals surface area contributed by atoms with Gasteiger partial charge in [-0.25, -0.2) is 0 Å². The molecule has 0 heterocycles. The van der Waals surface area contributed by atoms with Crippen LogP contribution in [0.15, 0.2) is 42.5 Å². The molecule has 32 heavy (non-hydrogen) atoms. The molecule has 0 fully saturated rings. The molecule has 1 atom stereocenters. The number of nitrogens with zero attached hydrogens (tertiary/aromatic N) is 1. The molecule has 0 saturated carbocycles. The normalized spacial score (nSPS) is 12.2. The van der Waals surface area contributed by atoms with Crippen LogP contribution in [0, 0.1) is 0 Å². The lowest BCUT2D eigenvalue weighted by molar-refractivity contribution is -0.143. The first-order valence-electron chi connectivity index (χ1n) is 10.8. The maximum Gasteiger partial charge on any atom is 0.261 e. The van der Waals surface area contributed by atoms with Crippen molar-refractivity contribution in [3.63, 3.8) is 0 Å². The monoisotopic (exact) mass is 478 g/mol. The quantitative estimate of drug-likeness (QED) is 0.505. The first-order chi connectivity index (χ1) is 15.0. The zero-order chi connectivity index (χ0) is 23.9. The molecule has 0 radical (unpaired) electrons. The Hall–Kier alpha value is -2.24. The lowest BCUT2D eigenvalue weighted by atomic mass is 10.1. The first kappa shape index (κ1) is 26.0. The molecule has 1 N–H and O–H groups in total. The van der Waals surface area contributed by atoms with Gasteiger partial charge in [0.2, 0.25) is 5.91 Å². The van der Waals surface area contributed by atoms with Gasteiger partial charge in [-0.15, -0.1) is 0 Å². The molecule has 2 amide bonds. The number of hydrogen-bond acceptors (Lipinski definition) is 3. The summed E-state index contributed by atoms with van der Waals surface area (Å²) >= 11 is 12.4. The van der Waals surface area contributed by atoms with Gasteiger partial charge in [0.15, 0.2) is 6.61 Å². The van der Waals surface area contributed by atoms with Crippen LogP contribution in [0.5, 0.6) is 5.75 Å². The van der Waals surface area contributed by atoms with E-state index in [0.717, 1.165) is 6.42 Å². The molecule has 174 valence electrons. The van der Waals surface area contributed by atoms with E-state index in [0.29, 0.717) is 27.8 Å². The van der Waals surface area contributed by atoms with Gasteiger partial charge < -0.3 is 15.0 Å². The van der Waals surface area contributed by atoms with Gasteiger partial charge >= 0.3 is 0 Å². The zero-order valence-electron chi connectivity index (χ0n) is 19.4. The van der Waals surface area contributed by atoms with Crippen LogP contribution in [0.3, 0.4) is 0 Å². The highest BCUT2D eigenvalue weighted by Gasteiger charge is 2.31. The molecule has 2 aromatic carbocycles. The Labute approximate surface area is 201 Å². The average molecular weight is 479 g/mol. The van der Waals surface area contributed by atoms with Crippen molar-refractivity contribution in [3.8, 4) is 5.75 Å². The van der Waals surface area contributed by atoms with Gasteiger partial charge in [-0.05, 0) is 69.0 Å². The second kappa shape index (κ2) is 11.6. The number of ether oxygens (including phenoxy) is 1. The van der Waals surface area contributed by atoms with Crippen LogP contribution in [0.2, 0.25) is 10.0 Å². The fourth-order valence-electron chi connectivity index (χ4n) is 3.26. The zero-order valence-corrected chi connectivity index (χ0v) is 20.9. The molecule has 0 saturated heterocycles. The molecule has 0 aliphatic carbocycles. The second-order valence-corrected chi connectivity index (χ2v) is 9.55. The van der Waals surface area contributed by atoms with Crippen molar-refractivity contribution < 1.29 is 14.3 Å². The second-order valence-electron chi connectivity index (χ2n) is 8.71. The minimum Gasteiger partial charge on any atom is -0.484 e. The van der Waals surface area contributed by atoms with E-state index in [1.165, 1.54) is 10.5 Å². The van der Waals surface area contributed by atoms with E-state index in [9.17, 15) is 9.59 Å². The molecular formula is C25H32Cl2N2O3. The van der Waals surface area contributed by atoms with Crippen molar-refractivity contribution >= 4 is 35.0 Å². The van der Waals surface area contributed by atoms with Crippen molar-refractivity contribution in [1.29, 1.82) is 0 Å². The third-order valence-corrected chi connectivity index (χ3v) is 5.52. The van der Waals surface area contributed by atoms with Gasteiger partial charge in [0.05, 0.1) is 0 Å². The number of carbonyl (C=O) groups is 2. The molecule has 0 aliphatic heterocycles. The van der Waals surface area contributed by atoms with Crippen LogP contribution < -0.4 is 10.1 Å². The van der Waals surface area contributed by atoms with Gasteiger partial charge in [-0.3, -0.25) is 9.59 Å². The summed E-state index contributed by atoms with van der Waals surface area (Å²) in [6.45, 7) is 9.65. The van der Waals surface area contributed by atoms with Gasteiger partial charge in [-0.2, -0.15) is 0 Å². The van der Waals surface area contributed by atoms with Crippen LogP contribution in [0.1, 0.15) is 52.2 Å². The van der Waals surface area contributed by atoms with E-state index in [1.54, 1.807) is 18.2 Å². The Morgan fingerprint density at radius 2 is 1.72 bits per heavy atom. The fraction of sp³-hybridized carbons (Fsp3) is 0.440. The Morgan fingerprint density at radius 3 is 2.25 bits per heavy atom. The molecule has 2 aromatic rings. The van der Waals surface area contributed by atoms with E-state index in [1.807, 2.05) is 52.0 Å². The predicted octanol–water partition coefficient (Wildman–Crippen LogP) is 5.66. The minimum absolute atomic E-state index is 0.170. The van der Waals surface area contributed by atoms with E-state index in [2.05, 4.69) is 12.2 Å². The van der Waals surface area contributed by atoms with Gasteiger partial charge in [0, 0.05) is 22.1 Å². The van der Waals surface area contributed by atoms with E-state index in [-0.39, 0.29) is 25.0 Å². The largest absolute Gasteiger partial charge is 0.484 e. The Morgan fingerprint density at radius 1 is 1.06 bits per heavy atom. The van der Waals surface area contributed by atoms with E-state index >= 15 is 0 Å². The van der Waals surface area contributed by atoms with Crippen molar-refractivity contribution in [3.05, 3.63) is 63.6 Å². The number of hydrogen-bond donors (Lipinski definition) is 1. The summed E-state index contributed by atoms with van der Waals surface area (Å²) in [5.41, 5.74) is 1.47. The lowest BCUT2D eigenvalue weighted by Gasteiger charge is -2.33. The van der Waals surface area contributed by atoms with Crippen LogP contribution in [0.25, 0.3) is 0 Å². The molecule has 0 spiro atoms. The Bertz CT molecular complexity index is 924. The number of benzene rings is 2. The standard InChI is InChI=1S/C25H32Cl2N2O3/c1-6-17-8-12-20(13-9-17)32-16-23(30)29(15-18-10-11-19(26)14-21(18)27)22(7-2)24(31)28-25(3,4)5/h8-14,22H,6-7,15-16H2,1-5H3,(H,28,31)/t22-/m0/s1. The third-order valence-electron chi connectivity index (χ3n) is 4.93. The minimum atomic E-state index is -0.667. The van der Waals surface area contributed by atoms with Gasteiger partial charge in [0.1, 0.15) is 11.8 Å². The highest BCUT2D eigenvalue weighted by Crippen LogP contribution is 2.24. The van der Waals surface area contributed by atoms with Crippen LogP contribution in [-0.4, -0.2) is 34.9 Å². The fourth-order valence-corrected chi connectivity index (χ4v) is 3.72. The number of rotatable bonds is 9. The Balaban J connectivity index is 2.25. The topological polar surface area (TPSA) is 58.6 Å². The number of carbonyl (C=O) groups excluding carboxylic acids is 2. The summed E-state index contributed by atoms with van der Waals surface area (Å²) in [6, 6.07) is 12.1. The van der Waals surface area contributed by atoms with Gasteiger partial charge in [0.25, 0.3) is 5.91 Å².